The second-order valence-electron chi connectivity index (χ2n) is 6.20. The maximum absolute atomic E-state index is 12.5. The van der Waals surface area contributed by atoms with Crippen molar-refractivity contribution in [1.29, 1.82) is 0 Å². The van der Waals surface area contributed by atoms with Crippen LogP contribution < -0.4 is 10.6 Å². The lowest BCUT2D eigenvalue weighted by molar-refractivity contribution is 0.101. The van der Waals surface area contributed by atoms with Crippen LogP contribution in [-0.2, 0) is 0 Å². The number of fused-ring (bicyclic) bond motifs is 1. The van der Waals surface area contributed by atoms with Crippen LogP contribution in [0.15, 0.2) is 63.7 Å². The summed E-state index contributed by atoms with van der Waals surface area (Å²) in [5, 5.41) is 10.1. The van der Waals surface area contributed by atoms with Gasteiger partial charge in [0.1, 0.15) is 17.0 Å². The summed E-state index contributed by atoms with van der Waals surface area (Å²) in [6, 6.07) is 14.4. The largest absolute Gasteiger partial charge is 0.361 e. The van der Waals surface area contributed by atoms with Gasteiger partial charge < -0.3 is 20.1 Å². The molecule has 2 amide bonds. The zero-order valence-electron chi connectivity index (χ0n) is 14.7. The number of aromatic nitrogens is 2. The maximum atomic E-state index is 12.5. The minimum absolute atomic E-state index is 0.246. The van der Waals surface area contributed by atoms with Gasteiger partial charge in [0.05, 0.1) is 6.20 Å². The molecule has 0 spiro atoms. The quantitative estimate of drug-likeness (QED) is 0.428. The number of rotatable bonds is 4. The van der Waals surface area contributed by atoms with Crippen molar-refractivity contribution < 1.29 is 14.1 Å². The molecule has 140 valence electrons. The molecule has 0 aliphatic carbocycles. The van der Waals surface area contributed by atoms with E-state index in [1.54, 1.807) is 37.3 Å². The summed E-state index contributed by atoms with van der Waals surface area (Å²) < 4.78 is 5.83. The van der Waals surface area contributed by atoms with Crippen molar-refractivity contribution in [3.8, 4) is 0 Å². The van der Waals surface area contributed by atoms with Crippen LogP contribution in [0.3, 0.4) is 0 Å². The summed E-state index contributed by atoms with van der Waals surface area (Å²) in [5.74, 6) is -0.101. The summed E-state index contributed by atoms with van der Waals surface area (Å²) in [4.78, 5) is 27.7. The van der Waals surface area contributed by atoms with Crippen molar-refractivity contribution >= 4 is 50.0 Å². The number of carbonyl (C=O) groups is 2. The van der Waals surface area contributed by atoms with Crippen LogP contribution in [0, 0.1) is 6.92 Å². The lowest BCUT2D eigenvalue weighted by atomic mass is 10.2. The van der Waals surface area contributed by atoms with E-state index in [0.717, 1.165) is 15.4 Å². The molecule has 2 heterocycles. The molecule has 0 fully saturated rings. The molecular formula is C20H15BrN4O3. The number of nitrogens with zero attached hydrogens (tertiary/aromatic N) is 1. The Bertz CT molecular complexity index is 1180. The molecule has 0 radical (unpaired) electrons. The van der Waals surface area contributed by atoms with Crippen molar-refractivity contribution in [2.24, 2.45) is 0 Å². The van der Waals surface area contributed by atoms with E-state index in [1.165, 1.54) is 6.20 Å². The highest BCUT2D eigenvalue weighted by atomic mass is 79.9. The van der Waals surface area contributed by atoms with Gasteiger partial charge in [-0.15, -0.1) is 0 Å². The van der Waals surface area contributed by atoms with Gasteiger partial charge in [0.25, 0.3) is 11.8 Å². The van der Waals surface area contributed by atoms with Gasteiger partial charge in [-0.1, -0.05) is 27.2 Å². The van der Waals surface area contributed by atoms with Crippen molar-refractivity contribution in [2.75, 3.05) is 10.6 Å². The molecule has 0 saturated carbocycles. The highest BCUT2D eigenvalue weighted by molar-refractivity contribution is 9.10. The van der Waals surface area contributed by atoms with E-state index < -0.39 is 0 Å². The van der Waals surface area contributed by atoms with E-state index in [9.17, 15) is 9.59 Å². The minimum Gasteiger partial charge on any atom is -0.361 e. The Morgan fingerprint density at radius 3 is 2.32 bits per heavy atom. The molecular weight excluding hydrogens is 424 g/mol. The number of hydrogen-bond acceptors (Lipinski definition) is 4. The minimum atomic E-state index is -0.306. The third-order valence-corrected chi connectivity index (χ3v) is 4.72. The van der Waals surface area contributed by atoms with Crippen molar-refractivity contribution in [1.82, 2.24) is 10.1 Å². The fraction of sp³-hybridized carbons (Fsp3) is 0.0500. The van der Waals surface area contributed by atoms with Crippen LogP contribution in [-0.4, -0.2) is 22.0 Å². The highest BCUT2D eigenvalue weighted by Gasteiger charge is 2.13. The second-order valence-corrected chi connectivity index (χ2v) is 7.11. The van der Waals surface area contributed by atoms with Gasteiger partial charge in [0.2, 0.25) is 0 Å². The molecule has 2 aromatic carbocycles. The van der Waals surface area contributed by atoms with Crippen molar-refractivity contribution in [3.63, 3.8) is 0 Å². The number of H-pyrrole nitrogens is 1. The van der Waals surface area contributed by atoms with E-state index >= 15 is 0 Å². The summed E-state index contributed by atoms with van der Waals surface area (Å²) in [7, 11) is 0. The first-order valence-corrected chi connectivity index (χ1v) is 9.21. The summed E-state index contributed by atoms with van der Waals surface area (Å²) in [6.07, 6.45) is 1.37. The number of carbonyl (C=O) groups excluding carboxylic acids is 2. The summed E-state index contributed by atoms with van der Waals surface area (Å²) in [6.45, 7) is 1.67. The van der Waals surface area contributed by atoms with Crippen LogP contribution in [0.4, 0.5) is 11.4 Å². The Morgan fingerprint density at radius 1 is 1.00 bits per heavy atom. The first kappa shape index (κ1) is 18.0. The molecule has 0 atom stereocenters. The molecule has 8 heteroatoms. The Kier molecular flexibility index (Phi) is 4.70. The summed E-state index contributed by atoms with van der Waals surface area (Å²) in [5.41, 5.74) is 2.93. The first-order chi connectivity index (χ1) is 13.5. The molecule has 3 N–H and O–H groups in total. The molecule has 0 bridgehead atoms. The van der Waals surface area contributed by atoms with Crippen LogP contribution in [0.1, 0.15) is 26.6 Å². The lowest BCUT2D eigenvalue weighted by Crippen LogP contribution is -2.13. The third-order valence-electron chi connectivity index (χ3n) is 4.23. The molecule has 0 unspecified atom stereocenters. The van der Waals surface area contributed by atoms with E-state index in [-0.39, 0.29) is 11.8 Å². The molecule has 4 rings (SSSR count). The van der Waals surface area contributed by atoms with Gasteiger partial charge in [-0.25, -0.2) is 0 Å². The van der Waals surface area contributed by atoms with Crippen molar-refractivity contribution in [2.45, 2.75) is 6.92 Å². The molecule has 2 aromatic heterocycles. The zero-order chi connectivity index (χ0) is 19.7. The average molecular weight is 439 g/mol. The van der Waals surface area contributed by atoms with Crippen LogP contribution in [0.2, 0.25) is 0 Å². The normalized spacial score (nSPS) is 10.8. The van der Waals surface area contributed by atoms with E-state index in [2.05, 4.69) is 36.7 Å². The van der Waals surface area contributed by atoms with Crippen LogP contribution >= 0.6 is 15.9 Å². The maximum Gasteiger partial charge on any atom is 0.272 e. The van der Waals surface area contributed by atoms with Crippen LogP contribution in [0.5, 0.6) is 0 Å². The predicted molar refractivity (Wildman–Crippen MR) is 110 cm³/mol. The van der Waals surface area contributed by atoms with E-state index in [0.29, 0.717) is 28.4 Å². The first-order valence-electron chi connectivity index (χ1n) is 8.42. The van der Waals surface area contributed by atoms with Gasteiger partial charge >= 0.3 is 0 Å². The Morgan fingerprint density at radius 2 is 1.68 bits per heavy atom. The second kappa shape index (κ2) is 7.32. The molecule has 0 saturated heterocycles. The lowest BCUT2D eigenvalue weighted by Gasteiger charge is -2.07. The van der Waals surface area contributed by atoms with Gasteiger partial charge in [-0.3, -0.25) is 9.59 Å². The standard InChI is InChI=1S/C20H15BrN4O3/c1-11-16(10-22-28-11)19(26)23-14-4-6-15(7-5-14)24-20(27)18-8-12-2-3-13(21)9-17(12)25-18/h2-10,25H,1H3,(H,23,26)(H,24,27). The molecule has 28 heavy (non-hydrogen) atoms. The van der Waals surface area contributed by atoms with Crippen molar-refractivity contribution in [3.05, 3.63) is 76.2 Å². The molecule has 4 aromatic rings. The number of halogens is 1. The number of amides is 2. The van der Waals surface area contributed by atoms with Gasteiger partial charge in [-0.05, 0) is 49.4 Å². The number of anilines is 2. The SMILES string of the molecule is Cc1oncc1C(=O)Nc1ccc(NC(=O)c2cc3ccc(Br)cc3[nH]2)cc1. The fourth-order valence-corrected chi connectivity index (χ4v) is 3.13. The number of aryl methyl sites for hydroxylation is 1. The summed E-state index contributed by atoms with van der Waals surface area (Å²) >= 11 is 3.41. The third kappa shape index (κ3) is 3.67. The topological polar surface area (TPSA) is 100 Å². The average Bonchev–Trinajstić information content (AvgIpc) is 3.29. The monoisotopic (exact) mass is 438 g/mol. The Balaban J connectivity index is 1.44. The number of benzene rings is 2. The van der Waals surface area contributed by atoms with Gasteiger partial charge in [-0.2, -0.15) is 0 Å². The van der Waals surface area contributed by atoms with E-state index in [1.807, 2.05) is 18.2 Å². The Labute approximate surface area is 168 Å². The van der Waals surface area contributed by atoms with Crippen LogP contribution in [0.25, 0.3) is 10.9 Å². The number of aromatic amines is 1. The predicted octanol–water partition coefficient (Wildman–Crippen LogP) is 4.73. The molecule has 7 nitrogen and oxygen atoms in total. The van der Waals surface area contributed by atoms with Gasteiger partial charge in [0.15, 0.2) is 0 Å². The fourth-order valence-electron chi connectivity index (χ4n) is 2.77. The smallest absolute Gasteiger partial charge is 0.272 e. The number of hydrogen-bond donors (Lipinski definition) is 3. The Hall–Kier alpha value is -3.39. The molecule has 0 aliphatic heterocycles. The highest BCUT2D eigenvalue weighted by Crippen LogP contribution is 2.21. The van der Waals surface area contributed by atoms with E-state index in [4.69, 9.17) is 4.52 Å². The zero-order valence-corrected chi connectivity index (χ0v) is 16.3. The van der Waals surface area contributed by atoms with Gasteiger partial charge in [0, 0.05) is 26.8 Å². The number of nitrogens with one attached hydrogen (secondary N) is 3. The molecule has 0 aliphatic rings.